The molecule has 0 saturated heterocycles. The molecule has 6 rings (SSSR count). The molecule has 45 heavy (non-hydrogen) atoms. The lowest BCUT2D eigenvalue weighted by Gasteiger charge is -2.11. The van der Waals surface area contributed by atoms with Crippen LogP contribution in [-0.2, 0) is 0 Å². The van der Waals surface area contributed by atoms with Gasteiger partial charge in [0.25, 0.3) is 0 Å². The minimum absolute atomic E-state index is 0.781. The zero-order chi connectivity index (χ0) is 30.7. The van der Waals surface area contributed by atoms with E-state index in [2.05, 4.69) is 139 Å². The van der Waals surface area contributed by atoms with Crippen molar-refractivity contribution < 1.29 is 4.74 Å². The Labute approximate surface area is 274 Å². The van der Waals surface area contributed by atoms with Crippen LogP contribution in [-0.4, -0.2) is 16.9 Å². The van der Waals surface area contributed by atoms with Gasteiger partial charge >= 0.3 is 0 Å². The molecule has 0 aliphatic carbocycles. The summed E-state index contributed by atoms with van der Waals surface area (Å²) in [6.07, 6.45) is 13.1. The molecule has 0 spiro atoms. The van der Waals surface area contributed by atoms with Gasteiger partial charge in [0.05, 0.1) is 17.6 Å². The molecule has 0 radical (unpaired) electrons. The second kappa shape index (κ2) is 15.9. The maximum atomic E-state index is 6.15. The van der Waals surface area contributed by atoms with Crippen LogP contribution in [0.15, 0.2) is 121 Å². The average molecular weight is 612 g/mol. The summed E-state index contributed by atoms with van der Waals surface area (Å²) in [5, 5.41) is 2.52. The lowest BCUT2D eigenvalue weighted by molar-refractivity contribution is 0.304. The highest BCUT2D eigenvalue weighted by Gasteiger charge is 2.15. The summed E-state index contributed by atoms with van der Waals surface area (Å²) >= 11 is 4.30. The van der Waals surface area contributed by atoms with Crippen molar-refractivity contribution >= 4 is 34.4 Å². The maximum absolute atomic E-state index is 6.15. The molecule has 6 aromatic rings. The molecular weight excluding hydrogens is 567 g/mol. The van der Waals surface area contributed by atoms with Crippen molar-refractivity contribution in [1.82, 2.24) is 4.57 Å². The van der Waals surface area contributed by atoms with E-state index in [9.17, 15) is 0 Å². The van der Waals surface area contributed by atoms with Crippen molar-refractivity contribution in [2.45, 2.75) is 64.2 Å². The highest BCUT2D eigenvalue weighted by molar-refractivity contribution is 7.80. The number of thiol groups is 1. The Morgan fingerprint density at radius 2 is 0.911 bits per heavy atom. The first kappa shape index (κ1) is 31.0. The average Bonchev–Trinajstić information content (AvgIpc) is 3.43. The molecule has 230 valence electrons. The second-order valence-electron chi connectivity index (χ2n) is 12.1. The van der Waals surface area contributed by atoms with Crippen LogP contribution >= 0.6 is 12.6 Å². The molecule has 3 heteroatoms. The molecule has 0 bridgehead atoms. The van der Waals surface area contributed by atoms with Crippen LogP contribution in [0, 0.1) is 0 Å². The van der Waals surface area contributed by atoms with Crippen LogP contribution < -0.4 is 4.74 Å². The fourth-order valence-corrected chi connectivity index (χ4v) is 6.65. The van der Waals surface area contributed by atoms with E-state index in [1.54, 1.807) is 0 Å². The third-order valence-electron chi connectivity index (χ3n) is 8.90. The Morgan fingerprint density at radius 1 is 0.444 bits per heavy atom. The SMILES string of the molecule is SCCCCCCCCCCCCOc1ccc(-n2c3ccc(-c4ccccc4)cc3c3cc(-c4ccccc4)ccc32)cc1. The second-order valence-corrected chi connectivity index (χ2v) is 12.6. The van der Waals surface area contributed by atoms with E-state index in [1.807, 2.05) is 0 Å². The number of rotatable bonds is 16. The smallest absolute Gasteiger partial charge is 0.119 e. The van der Waals surface area contributed by atoms with Gasteiger partial charge in [0.1, 0.15) is 5.75 Å². The maximum Gasteiger partial charge on any atom is 0.119 e. The number of benzene rings is 5. The minimum Gasteiger partial charge on any atom is -0.494 e. The molecule has 1 aromatic heterocycles. The number of unbranched alkanes of at least 4 members (excludes halogenated alkanes) is 9. The summed E-state index contributed by atoms with van der Waals surface area (Å²) in [5.41, 5.74) is 8.50. The van der Waals surface area contributed by atoms with Gasteiger partial charge in [0, 0.05) is 16.5 Å². The largest absolute Gasteiger partial charge is 0.494 e. The molecule has 0 aliphatic rings. The molecule has 0 fully saturated rings. The van der Waals surface area contributed by atoms with Crippen LogP contribution in [0.4, 0.5) is 0 Å². The number of fused-ring (bicyclic) bond motifs is 3. The molecule has 0 amide bonds. The number of nitrogens with zero attached hydrogens (tertiary/aromatic N) is 1. The van der Waals surface area contributed by atoms with Gasteiger partial charge in [-0.25, -0.2) is 0 Å². The van der Waals surface area contributed by atoms with Gasteiger partial charge in [-0.15, -0.1) is 0 Å². The Kier molecular flexibility index (Phi) is 10.9. The highest BCUT2D eigenvalue weighted by Crippen LogP contribution is 2.37. The molecule has 2 nitrogen and oxygen atoms in total. The monoisotopic (exact) mass is 611 g/mol. The van der Waals surface area contributed by atoms with Crippen LogP contribution in [0.3, 0.4) is 0 Å². The number of hydrogen-bond donors (Lipinski definition) is 1. The topological polar surface area (TPSA) is 14.2 Å². The van der Waals surface area contributed by atoms with Crippen molar-refractivity contribution in [3.05, 3.63) is 121 Å². The summed E-state index contributed by atoms with van der Waals surface area (Å²) in [5.74, 6) is 1.97. The highest BCUT2D eigenvalue weighted by atomic mass is 32.1. The van der Waals surface area contributed by atoms with Gasteiger partial charge in [0.2, 0.25) is 0 Å². The molecule has 0 atom stereocenters. The van der Waals surface area contributed by atoms with Gasteiger partial charge in [-0.3, -0.25) is 0 Å². The number of ether oxygens (including phenoxy) is 1. The third kappa shape index (κ3) is 7.83. The molecule has 1 heterocycles. The molecule has 0 aliphatic heterocycles. The van der Waals surface area contributed by atoms with Crippen molar-refractivity contribution in [1.29, 1.82) is 0 Å². The fourth-order valence-electron chi connectivity index (χ4n) is 6.43. The van der Waals surface area contributed by atoms with Crippen molar-refractivity contribution in [2.24, 2.45) is 0 Å². The van der Waals surface area contributed by atoms with Gasteiger partial charge in [-0.1, -0.05) is 124 Å². The third-order valence-corrected chi connectivity index (χ3v) is 9.21. The zero-order valence-corrected chi connectivity index (χ0v) is 27.2. The van der Waals surface area contributed by atoms with Crippen LogP contribution in [0.25, 0.3) is 49.7 Å². The van der Waals surface area contributed by atoms with Gasteiger partial charge in [-0.2, -0.15) is 12.6 Å². The summed E-state index contributed by atoms with van der Waals surface area (Å²) < 4.78 is 8.54. The lowest BCUT2D eigenvalue weighted by Crippen LogP contribution is -1.98. The van der Waals surface area contributed by atoms with Crippen molar-refractivity contribution in [3.63, 3.8) is 0 Å². The van der Waals surface area contributed by atoms with Crippen LogP contribution in [0.1, 0.15) is 64.2 Å². The molecule has 0 saturated carbocycles. The Bertz CT molecular complexity index is 1680. The number of aromatic nitrogens is 1. The summed E-state index contributed by atoms with van der Waals surface area (Å²) in [4.78, 5) is 0. The Balaban J connectivity index is 1.15. The summed E-state index contributed by atoms with van der Waals surface area (Å²) in [7, 11) is 0. The Morgan fingerprint density at radius 3 is 1.40 bits per heavy atom. The first-order valence-corrected chi connectivity index (χ1v) is 17.5. The van der Waals surface area contributed by atoms with Gasteiger partial charge in [0.15, 0.2) is 0 Å². The van der Waals surface area contributed by atoms with E-state index in [1.165, 1.54) is 102 Å². The predicted molar refractivity (Wildman–Crippen MR) is 197 cm³/mol. The van der Waals surface area contributed by atoms with E-state index in [-0.39, 0.29) is 0 Å². The van der Waals surface area contributed by atoms with E-state index in [4.69, 9.17) is 4.74 Å². The van der Waals surface area contributed by atoms with E-state index in [0.717, 1.165) is 30.2 Å². The van der Waals surface area contributed by atoms with Gasteiger partial charge < -0.3 is 9.30 Å². The van der Waals surface area contributed by atoms with Gasteiger partial charge in [-0.05, 0) is 89.4 Å². The van der Waals surface area contributed by atoms with Crippen LogP contribution in [0.5, 0.6) is 5.75 Å². The summed E-state index contributed by atoms with van der Waals surface area (Å²) in [6.45, 7) is 0.781. The van der Waals surface area contributed by atoms with Crippen LogP contribution in [0.2, 0.25) is 0 Å². The Hall–Kier alpha value is -3.95. The van der Waals surface area contributed by atoms with Crippen molar-refractivity contribution in [2.75, 3.05) is 12.4 Å². The van der Waals surface area contributed by atoms with Crippen molar-refractivity contribution in [3.8, 4) is 33.7 Å². The lowest BCUT2D eigenvalue weighted by atomic mass is 10.0. The van der Waals surface area contributed by atoms with E-state index in [0.29, 0.717) is 0 Å². The first-order valence-electron chi connectivity index (χ1n) is 16.8. The summed E-state index contributed by atoms with van der Waals surface area (Å²) in [6, 6.07) is 43.7. The molecule has 0 N–H and O–H groups in total. The fraction of sp³-hybridized carbons (Fsp3) is 0.286. The number of hydrogen-bond acceptors (Lipinski definition) is 2. The quantitative estimate of drug-likeness (QED) is 0.0849. The molecule has 0 unspecified atom stereocenters. The standard InChI is InChI=1S/C42H45NOS/c45-30-16-8-6-4-2-1-3-5-7-15-29-44-38-25-23-37(24-26-38)43-41-27-21-35(33-17-11-9-12-18-33)31-39(41)40-32-36(22-28-42(40)43)34-19-13-10-14-20-34/h9-14,17-28,31-32,45H,1-8,15-16,29-30H2. The van der Waals surface area contributed by atoms with E-state index >= 15 is 0 Å². The first-order chi connectivity index (χ1) is 22.3. The predicted octanol–water partition coefficient (Wildman–Crippen LogP) is 12.3. The molecular formula is C42H45NOS. The minimum atomic E-state index is 0.781. The van der Waals surface area contributed by atoms with E-state index < -0.39 is 0 Å². The zero-order valence-electron chi connectivity index (χ0n) is 26.3. The molecule has 5 aromatic carbocycles. The normalized spacial score (nSPS) is 11.4.